The van der Waals surface area contributed by atoms with Crippen LogP contribution < -0.4 is 0 Å². The van der Waals surface area contributed by atoms with Gasteiger partial charge in [0.25, 0.3) is 5.91 Å². The van der Waals surface area contributed by atoms with E-state index >= 15 is 0 Å². The molecule has 2 aliphatic rings. The van der Waals surface area contributed by atoms with Crippen molar-refractivity contribution in [3.63, 3.8) is 0 Å². The molecule has 5 nitrogen and oxygen atoms in total. The largest absolute Gasteiger partial charge is 0.355 e. The molecule has 2 aromatic heterocycles. The predicted octanol–water partition coefficient (Wildman–Crippen LogP) is 4.84. The van der Waals surface area contributed by atoms with E-state index in [0.29, 0.717) is 23.5 Å². The van der Waals surface area contributed by atoms with E-state index in [2.05, 4.69) is 15.0 Å². The van der Waals surface area contributed by atoms with Crippen molar-refractivity contribution in [2.75, 3.05) is 0 Å². The van der Waals surface area contributed by atoms with Gasteiger partial charge in [-0.15, -0.1) is 0 Å². The van der Waals surface area contributed by atoms with Gasteiger partial charge in [0.05, 0.1) is 0 Å². The fraction of sp³-hybridized carbons (Fsp3) is 0.571. The summed E-state index contributed by atoms with van der Waals surface area (Å²) in [5, 5.41) is 4.11. The fourth-order valence-electron chi connectivity index (χ4n) is 4.50. The number of amides is 1. The average Bonchev–Trinajstić information content (AvgIpc) is 3.21. The van der Waals surface area contributed by atoms with Crippen LogP contribution in [0.5, 0.6) is 0 Å². The van der Waals surface area contributed by atoms with Gasteiger partial charge >= 0.3 is 0 Å². The third-order valence-electron chi connectivity index (χ3n) is 5.85. The molecule has 0 atom stereocenters. The lowest BCUT2D eigenvalue weighted by molar-refractivity contribution is 0.0438. The molecule has 2 saturated carbocycles. The number of rotatable bonds is 4. The predicted molar refractivity (Wildman–Crippen MR) is 99.6 cm³/mol. The number of hydrogen-bond donors (Lipinski definition) is 0. The van der Waals surface area contributed by atoms with E-state index in [1.807, 2.05) is 12.1 Å². The second-order valence-electron chi connectivity index (χ2n) is 7.61. The SMILES string of the molecule is O=C(c1cc(-c2cccnc2)on1)N(C1CCCCC1)C1CCCCC1. The van der Waals surface area contributed by atoms with Crippen LogP contribution in [0.2, 0.25) is 0 Å². The van der Waals surface area contributed by atoms with E-state index < -0.39 is 0 Å². The Bertz CT molecular complexity index is 698. The van der Waals surface area contributed by atoms with Crippen molar-refractivity contribution in [3.05, 3.63) is 36.3 Å². The zero-order chi connectivity index (χ0) is 17.8. The molecular formula is C21H27N3O2. The molecule has 0 bridgehead atoms. The van der Waals surface area contributed by atoms with Crippen molar-refractivity contribution in [2.24, 2.45) is 0 Å². The molecule has 4 rings (SSSR count). The van der Waals surface area contributed by atoms with Gasteiger partial charge in [-0.05, 0) is 37.8 Å². The standard InChI is InChI=1S/C21H27N3O2/c25-21(19-14-20(26-23-19)16-8-7-13-22-15-16)24(17-9-3-1-4-10-17)18-11-5-2-6-12-18/h7-8,13-15,17-18H,1-6,9-12H2. The highest BCUT2D eigenvalue weighted by Crippen LogP contribution is 2.32. The van der Waals surface area contributed by atoms with E-state index in [4.69, 9.17) is 4.52 Å². The Morgan fingerprint density at radius 2 is 1.65 bits per heavy atom. The first-order chi connectivity index (χ1) is 12.8. The minimum absolute atomic E-state index is 0.0442. The smallest absolute Gasteiger partial charge is 0.276 e. The van der Waals surface area contributed by atoms with Gasteiger partial charge in [-0.3, -0.25) is 9.78 Å². The third-order valence-corrected chi connectivity index (χ3v) is 5.85. The molecule has 0 spiro atoms. The molecule has 0 N–H and O–H groups in total. The molecule has 2 aliphatic carbocycles. The van der Waals surface area contributed by atoms with Crippen LogP contribution in [0.1, 0.15) is 74.7 Å². The van der Waals surface area contributed by atoms with Crippen LogP contribution in [0.15, 0.2) is 35.1 Å². The van der Waals surface area contributed by atoms with Gasteiger partial charge in [0.15, 0.2) is 11.5 Å². The molecule has 0 aromatic carbocycles. The molecule has 2 aromatic rings. The van der Waals surface area contributed by atoms with Crippen molar-refractivity contribution in [1.29, 1.82) is 0 Å². The van der Waals surface area contributed by atoms with Crippen molar-refractivity contribution in [3.8, 4) is 11.3 Å². The summed E-state index contributed by atoms with van der Waals surface area (Å²) in [6.45, 7) is 0. The molecule has 2 fully saturated rings. The van der Waals surface area contributed by atoms with E-state index in [1.54, 1.807) is 18.5 Å². The van der Waals surface area contributed by atoms with Crippen LogP contribution in [0.4, 0.5) is 0 Å². The minimum Gasteiger partial charge on any atom is -0.355 e. The number of hydrogen-bond acceptors (Lipinski definition) is 4. The Hall–Kier alpha value is -2.17. The Kier molecular flexibility index (Phi) is 5.32. The van der Waals surface area contributed by atoms with Gasteiger partial charge in [-0.2, -0.15) is 0 Å². The zero-order valence-corrected chi connectivity index (χ0v) is 15.3. The number of carbonyl (C=O) groups is 1. The number of nitrogens with zero attached hydrogens (tertiary/aromatic N) is 3. The van der Waals surface area contributed by atoms with Crippen LogP contribution in [0, 0.1) is 0 Å². The van der Waals surface area contributed by atoms with Gasteiger partial charge in [0, 0.05) is 36.1 Å². The average molecular weight is 353 g/mol. The van der Waals surface area contributed by atoms with Crippen LogP contribution in [-0.2, 0) is 0 Å². The van der Waals surface area contributed by atoms with Gasteiger partial charge in [0.2, 0.25) is 0 Å². The maximum absolute atomic E-state index is 13.4. The van der Waals surface area contributed by atoms with E-state index in [1.165, 1.54) is 38.5 Å². The van der Waals surface area contributed by atoms with E-state index in [-0.39, 0.29) is 5.91 Å². The molecule has 0 saturated heterocycles. The topological polar surface area (TPSA) is 59.2 Å². The first kappa shape index (κ1) is 17.3. The first-order valence-corrected chi connectivity index (χ1v) is 10.0. The summed E-state index contributed by atoms with van der Waals surface area (Å²) in [4.78, 5) is 19.7. The van der Waals surface area contributed by atoms with Gasteiger partial charge < -0.3 is 9.42 Å². The maximum atomic E-state index is 13.4. The Balaban J connectivity index is 1.58. The molecular weight excluding hydrogens is 326 g/mol. The Morgan fingerprint density at radius 3 is 2.23 bits per heavy atom. The molecule has 138 valence electrons. The quantitative estimate of drug-likeness (QED) is 0.789. The molecule has 26 heavy (non-hydrogen) atoms. The zero-order valence-electron chi connectivity index (χ0n) is 15.3. The molecule has 0 aliphatic heterocycles. The lowest BCUT2D eigenvalue weighted by Gasteiger charge is -2.41. The highest BCUT2D eigenvalue weighted by Gasteiger charge is 2.34. The highest BCUT2D eigenvalue weighted by atomic mass is 16.5. The van der Waals surface area contributed by atoms with Crippen molar-refractivity contribution >= 4 is 5.91 Å². The summed E-state index contributed by atoms with van der Waals surface area (Å²) in [6, 6.07) is 6.27. The summed E-state index contributed by atoms with van der Waals surface area (Å²) in [5.74, 6) is 0.649. The first-order valence-electron chi connectivity index (χ1n) is 10.0. The summed E-state index contributed by atoms with van der Waals surface area (Å²) in [7, 11) is 0. The maximum Gasteiger partial charge on any atom is 0.276 e. The monoisotopic (exact) mass is 353 g/mol. The normalized spacial score (nSPS) is 19.4. The summed E-state index contributed by atoms with van der Waals surface area (Å²) >= 11 is 0. The van der Waals surface area contributed by atoms with Crippen molar-refractivity contribution in [1.82, 2.24) is 15.0 Å². The van der Waals surface area contributed by atoms with E-state index in [0.717, 1.165) is 31.2 Å². The van der Waals surface area contributed by atoms with Gasteiger partial charge in [-0.1, -0.05) is 43.7 Å². The summed E-state index contributed by atoms with van der Waals surface area (Å²) < 4.78 is 5.46. The second-order valence-corrected chi connectivity index (χ2v) is 7.61. The molecule has 5 heteroatoms. The van der Waals surface area contributed by atoms with Crippen LogP contribution in [0.3, 0.4) is 0 Å². The molecule has 0 radical (unpaired) electrons. The van der Waals surface area contributed by atoms with Crippen LogP contribution in [0.25, 0.3) is 11.3 Å². The second kappa shape index (κ2) is 8.02. The van der Waals surface area contributed by atoms with Gasteiger partial charge in [0.1, 0.15) is 0 Å². The third kappa shape index (κ3) is 3.67. The Morgan fingerprint density at radius 1 is 1.00 bits per heavy atom. The summed E-state index contributed by atoms with van der Waals surface area (Å²) in [6.07, 6.45) is 15.4. The van der Waals surface area contributed by atoms with Gasteiger partial charge in [-0.25, -0.2) is 0 Å². The highest BCUT2D eigenvalue weighted by molar-refractivity contribution is 5.93. The number of pyridine rings is 1. The lowest BCUT2D eigenvalue weighted by atomic mass is 9.88. The van der Waals surface area contributed by atoms with Crippen molar-refractivity contribution in [2.45, 2.75) is 76.3 Å². The minimum atomic E-state index is 0.0442. The number of aromatic nitrogens is 2. The molecule has 0 unspecified atom stereocenters. The van der Waals surface area contributed by atoms with Crippen LogP contribution >= 0.6 is 0 Å². The molecule has 1 amide bonds. The van der Waals surface area contributed by atoms with E-state index in [9.17, 15) is 4.79 Å². The Labute approximate surface area is 154 Å². The lowest BCUT2D eigenvalue weighted by Crippen LogP contribution is -2.48. The van der Waals surface area contributed by atoms with Crippen LogP contribution in [-0.4, -0.2) is 33.0 Å². The summed E-state index contributed by atoms with van der Waals surface area (Å²) in [5.41, 5.74) is 1.28. The number of carbonyl (C=O) groups excluding carboxylic acids is 1. The fourth-order valence-corrected chi connectivity index (χ4v) is 4.50. The molecule has 2 heterocycles. The van der Waals surface area contributed by atoms with Crippen molar-refractivity contribution < 1.29 is 9.32 Å².